The normalized spacial score (nSPS) is 17.0. The molecular weight excluding hydrogens is 474 g/mol. The first-order valence-corrected chi connectivity index (χ1v) is 11.8. The van der Waals surface area contributed by atoms with Crippen molar-refractivity contribution in [1.82, 2.24) is 19.8 Å². The van der Waals surface area contributed by atoms with Gasteiger partial charge in [-0.3, -0.25) is 9.78 Å². The zero-order valence-electron chi connectivity index (χ0n) is 19.1. The molecule has 36 heavy (non-hydrogen) atoms. The van der Waals surface area contributed by atoms with Crippen molar-refractivity contribution in [2.45, 2.75) is 12.1 Å². The number of hydrogen-bond acceptors (Lipinski definition) is 4. The molecule has 2 aromatic heterocycles. The van der Waals surface area contributed by atoms with Crippen LogP contribution in [0.4, 0.5) is 5.69 Å². The zero-order valence-corrected chi connectivity index (χ0v) is 19.9. The summed E-state index contributed by atoms with van der Waals surface area (Å²) in [6.07, 6.45) is 3.63. The summed E-state index contributed by atoms with van der Waals surface area (Å²) in [5, 5.41) is 16.0. The van der Waals surface area contributed by atoms with Gasteiger partial charge in [0.15, 0.2) is 5.11 Å². The van der Waals surface area contributed by atoms with E-state index in [-0.39, 0.29) is 30.1 Å². The Hall–Kier alpha value is -4.50. The van der Waals surface area contributed by atoms with Crippen LogP contribution in [-0.4, -0.2) is 43.1 Å². The van der Waals surface area contributed by atoms with Gasteiger partial charge in [0.2, 0.25) is 5.91 Å². The van der Waals surface area contributed by atoms with Crippen molar-refractivity contribution in [3.05, 3.63) is 114 Å². The lowest BCUT2D eigenvalue weighted by atomic mass is 10.0. The molecule has 8 nitrogen and oxygen atoms in total. The lowest BCUT2D eigenvalue weighted by Crippen LogP contribution is -2.37. The summed E-state index contributed by atoms with van der Waals surface area (Å²) in [7, 11) is 0. The monoisotopic (exact) mass is 497 g/mol. The van der Waals surface area contributed by atoms with Crippen molar-refractivity contribution < 1.29 is 14.7 Å². The van der Waals surface area contributed by atoms with Crippen molar-refractivity contribution in [2.75, 3.05) is 11.9 Å². The van der Waals surface area contributed by atoms with E-state index in [2.05, 4.69) is 15.6 Å². The summed E-state index contributed by atoms with van der Waals surface area (Å²) in [5.74, 6) is -1.17. The van der Waals surface area contributed by atoms with Gasteiger partial charge in [-0.15, -0.1) is 0 Å². The van der Waals surface area contributed by atoms with Crippen molar-refractivity contribution in [1.29, 1.82) is 0 Å². The molecule has 3 heterocycles. The first-order chi connectivity index (χ1) is 17.5. The Bertz CT molecular complexity index is 1390. The molecule has 9 heteroatoms. The van der Waals surface area contributed by atoms with Gasteiger partial charge in [-0.2, -0.15) is 0 Å². The number of benzene rings is 2. The van der Waals surface area contributed by atoms with E-state index in [1.54, 1.807) is 30.5 Å². The minimum atomic E-state index is -0.981. The average molecular weight is 498 g/mol. The summed E-state index contributed by atoms with van der Waals surface area (Å²) in [6.45, 7) is 0.0395. The summed E-state index contributed by atoms with van der Waals surface area (Å²) in [4.78, 5) is 30.7. The van der Waals surface area contributed by atoms with Gasteiger partial charge in [-0.05, 0) is 72.9 Å². The number of rotatable bonds is 7. The second-order valence-electron chi connectivity index (χ2n) is 8.32. The molecule has 0 spiro atoms. The molecule has 1 aliphatic heterocycles. The third kappa shape index (κ3) is 4.69. The van der Waals surface area contributed by atoms with E-state index in [1.807, 2.05) is 76.3 Å². The average Bonchev–Trinajstić information content (AvgIpc) is 3.50. The highest BCUT2D eigenvalue weighted by molar-refractivity contribution is 7.80. The zero-order chi connectivity index (χ0) is 25.1. The number of nitrogens with one attached hydrogen (secondary N) is 2. The number of thiocarbonyl (C=S) groups is 1. The largest absolute Gasteiger partial charge is 0.478 e. The van der Waals surface area contributed by atoms with E-state index in [1.165, 1.54) is 0 Å². The molecule has 1 amide bonds. The number of anilines is 1. The lowest BCUT2D eigenvalue weighted by Gasteiger charge is -2.28. The van der Waals surface area contributed by atoms with Gasteiger partial charge in [-0.1, -0.05) is 24.3 Å². The van der Waals surface area contributed by atoms with E-state index in [0.29, 0.717) is 10.8 Å². The molecule has 0 unspecified atom stereocenters. The van der Waals surface area contributed by atoms with Crippen molar-refractivity contribution in [3.8, 4) is 5.69 Å². The van der Waals surface area contributed by atoms with Gasteiger partial charge < -0.3 is 25.2 Å². The molecular formula is C27H23N5O3S. The van der Waals surface area contributed by atoms with Crippen LogP contribution < -0.4 is 10.6 Å². The molecule has 2 atom stereocenters. The number of aromatic nitrogens is 2. The van der Waals surface area contributed by atoms with Gasteiger partial charge in [0.25, 0.3) is 0 Å². The van der Waals surface area contributed by atoms with Crippen LogP contribution in [0, 0.1) is 0 Å². The van der Waals surface area contributed by atoms with Gasteiger partial charge in [0.1, 0.15) is 6.54 Å². The maximum absolute atomic E-state index is 13.0. The molecule has 1 fully saturated rings. The Labute approximate surface area is 213 Å². The number of carbonyl (C=O) groups excluding carboxylic acids is 1. The minimum absolute atomic E-state index is 0.0395. The number of nitrogens with zero attached hydrogens (tertiary/aromatic N) is 3. The van der Waals surface area contributed by atoms with E-state index in [4.69, 9.17) is 12.2 Å². The van der Waals surface area contributed by atoms with Crippen molar-refractivity contribution in [2.24, 2.45) is 0 Å². The molecule has 1 saturated heterocycles. The molecule has 0 bridgehead atoms. The maximum atomic E-state index is 13.0. The highest BCUT2D eigenvalue weighted by atomic mass is 32.1. The SMILES string of the molecule is O=C(CN1C(=S)N[C@@H](c2ccccn2)[C@@H]1c1cccn1-c1ccc(C(=O)O)cc1)Nc1ccccc1. The summed E-state index contributed by atoms with van der Waals surface area (Å²) in [6, 6.07) is 24.9. The first-order valence-electron chi connectivity index (χ1n) is 11.4. The van der Waals surface area contributed by atoms with E-state index < -0.39 is 5.97 Å². The predicted octanol–water partition coefficient (Wildman–Crippen LogP) is 4.18. The molecule has 0 saturated carbocycles. The summed E-state index contributed by atoms with van der Waals surface area (Å²) in [5.41, 5.74) is 3.40. The number of carbonyl (C=O) groups is 2. The molecule has 0 radical (unpaired) electrons. The number of aromatic carboxylic acids is 1. The smallest absolute Gasteiger partial charge is 0.335 e. The van der Waals surface area contributed by atoms with Crippen LogP contribution in [-0.2, 0) is 4.79 Å². The van der Waals surface area contributed by atoms with Crippen LogP contribution in [0.1, 0.15) is 33.8 Å². The predicted molar refractivity (Wildman–Crippen MR) is 140 cm³/mol. The Kier molecular flexibility index (Phi) is 6.46. The second-order valence-corrected chi connectivity index (χ2v) is 8.71. The Morgan fingerprint density at radius 3 is 2.42 bits per heavy atom. The third-order valence-electron chi connectivity index (χ3n) is 6.05. The van der Waals surface area contributed by atoms with Gasteiger partial charge in [0.05, 0.1) is 23.3 Å². The van der Waals surface area contributed by atoms with Gasteiger partial charge in [0, 0.05) is 29.5 Å². The van der Waals surface area contributed by atoms with Crippen molar-refractivity contribution in [3.63, 3.8) is 0 Å². The van der Waals surface area contributed by atoms with Crippen LogP contribution in [0.2, 0.25) is 0 Å². The summed E-state index contributed by atoms with van der Waals surface area (Å²) >= 11 is 5.69. The highest BCUT2D eigenvalue weighted by Gasteiger charge is 2.42. The minimum Gasteiger partial charge on any atom is -0.478 e. The fourth-order valence-electron chi connectivity index (χ4n) is 4.41. The number of hydrogen-bond donors (Lipinski definition) is 3. The molecule has 4 aromatic rings. The molecule has 2 aromatic carbocycles. The van der Waals surface area contributed by atoms with Crippen LogP contribution in [0.3, 0.4) is 0 Å². The molecule has 3 N–H and O–H groups in total. The van der Waals surface area contributed by atoms with E-state index >= 15 is 0 Å². The number of carboxylic acid groups (broad SMARTS) is 1. The first kappa shape index (κ1) is 23.3. The fourth-order valence-corrected chi connectivity index (χ4v) is 4.71. The van der Waals surface area contributed by atoms with Crippen LogP contribution >= 0.6 is 12.2 Å². The number of pyridine rings is 1. The fraction of sp³-hybridized carbons (Fsp3) is 0.111. The van der Waals surface area contributed by atoms with E-state index in [0.717, 1.165) is 17.1 Å². The quantitative estimate of drug-likeness (QED) is 0.330. The highest BCUT2D eigenvalue weighted by Crippen LogP contribution is 2.39. The van der Waals surface area contributed by atoms with Crippen LogP contribution in [0.25, 0.3) is 5.69 Å². The van der Waals surface area contributed by atoms with Gasteiger partial charge in [-0.25, -0.2) is 4.79 Å². The van der Waals surface area contributed by atoms with E-state index in [9.17, 15) is 14.7 Å². The lowest BCUT2D eigenvalue weighted by molar-refractivity contribution is -0.116. The Morgan fingerprint density at radius 2 is 1.72 bits per heavy atom. The maximum Gasteiger partial charge on any atom is 0.335 e. The molecule has 180 valence electrons. The van der Waals surface area contributed by atoms with Gasteiger partial charge >= 0.3 is 5.97 Å². The van der Waals surface area contributed by atoms with Crippen molar-refractivity contribution >= 4 is 34.9 Å². The molecule has 5 rings (SSSR count). The Morgan fingerprint density at radius 1 is 0.972 bits per heavy atom. The number of amides is 1. The number of para-hydroxylation sites is 1. The third-order valence-corrected chi connectivity index (χ3v) is 6.40. The second kappa shape index (κ2) is 10.0. The summed E-state index contributed by atoms with van der Waals surface area (Å²) < 4.78 is 1.98. The number of carboxylic acids is 1. The standard InChI is InChI=1S/C27H23N5O3S/c33-23(29-19-7-2-1-3-8-19)17-32-25(24(30-27(32)36)21-9-4-5-15-28-21)22-10-6-16-31(22)20-13-11-18(12-14-20)26(34)35/h1-16,24-25H,17H2,(H,29,33)(H,30,36)(H,34,35)/t24-,25-/m0/s1. The topological polar surface area (TPSA) is 99.5 Å². The van der Waals surface area contributed by atoms with Crippen LogP contribution in [0.15, 0.2) is 97.3 Å². The molecule has 0 aliphatic carbocycles. The molecule has 1 aliphatic rings. The van der Waals surface area contributed by atoms with Crippen LogP contribution in [0.5, 0.6) is 0 Å². The Balaban J connectivity index is 1.51.